The second kappa shape index (κ2) is 9.33. The second-order valence-corrected chi connectivity index (χ2v) is 7.43. The third kappa shape index (κ3) is 5.41. The van der Waals surface area contributed by atoms with Gasteiger partial charge in [0.2, 0.25) is 0 Å². The fraction of sp³-hybridized carbons (Fsp3) is 0.438. The van der Waals surface area contributed by atoms with E-state index >= 15 is 0 Å². The van der Waals surface area contributed by atoms with E-state index in [1.807, 2.05) is 6.92 Å². The zero-order valence-electron chi connectivity index (χ0n) is 14.6. The van der Waals surface area contributed by atoms with Crippen LogP contribution in [-0.4, -0.2) is 44.0 Å². The number of aromatic nitrogens is 2. The third-order valence-corrected chi connectivity index (χ3v) is 5.33. The van der Waals surface area contributed by atoms with Crippen LogP contribution in [0.15, 0.2) is 44.9 Å². The summed E-state index contributed by atoms with van der Waals surface area (Å²) in [7, 11) is -4.18. The Bertz CT molecular complexity index is 851. The smallest absolute Gasteiger partial charge is 0.415 e. The number of hydrogen-bond donors (Lipinski definition) is 1. The standard InChI is InChI=1S/C16H20N2O8S/c1-2-12(24-10-6-9-14(19)20)11-25-15-16(18(21)26-17-15)27(22,23)13-7-4-3-5-8-13/h3-5,7-8,12H,2,6,9-11H2,1H3,(H,19,20). The van der Waals surface area contributed by atoms with Crippen molar-refractivity contribution in [3.8, 4) is 5.88 Å². The van der Waals surface area contributed by atoms with Crippen molar-refractivity contribution in [2.24, 2.45) is 0 Å². The van der Waals surface area contributed by atoms with Gasteiger partial charge >= 0.3 is 16.9 Å². The number of sulfone groups is 1. The molecule has 0 fully saturated rings. The Balaban J connectivity index is 2.07. The van der Waals surface area contributed by atoms with Crippen molar-refractivity contribution in [2.45, 2.75) is 42.2 Å². The average molecular weight is 400 g/mol. The molecule has 1 aromatic carbocycles. The molecule has 0 spiro atoms. The molecule has 0 amide bonds. The zero-order chi connectivity index (χ0) is 19.9. The van der Waals surface area contributed by atoms with Gasteiger partial charge in [-0.15, -0.1) is 0 Å². The van der Waals surface area contributed by atoms with Crippen LogP contribution in [0, 0.1) is 5.21 Å². The van der Waals surface area contributed by atoms with Gasteiger partial charge in [-0.1, -0.05) is 25.1 Å². The molecule has 2 rings (SSSR count). The van der Waals surface area contributed by atoms with E-state index in [1.165, 1.54) is 24.3 Å². The Kier molecular flexibility index (Phi) is 7.13. The minimum absolute atomic E-state index is 0.0176. The van der Waals surface area contributed by atoms with E-state index in [4.69, 9.17) is 14.6 Å². The number of carboxylic acid groups (broad SMARTS) is 1. The lowest BCUT2D eigenvalue weighted by Crippen LogP contribution is -2.31. The Morgan fingerprint density at radius 3 is 2.70 bits per heavy atom. The molecule has 1 aromatic heterocycles. The Hall–Kier alpha value is -2.66. The average Bonchev–Trinajstić information content (AvgIpc) is 3.03. The maximum absolute atomic E-state index is 12.6. The largest absolute Gasteiger partial charge is 0.481 e. The van der Waals surface area contributed by atoms with Gasteiger partial charge < -0.3 is 19.8 Å². The second-order valence-electron chi connectivity index (χ2n) is 5.57. The van der Waals surface area contributed by atoms with E-state index in [9.17, 15) is 18.4 Å². The van der Waals surface area contributed by atoms with Crippen molar-refractivity contribution >= 4 is 15.8 Å². The van der Waals surface area contributed by atoms with Crippen molar-refractivity contribution in [1.82, 2.24) is 5.16 Å². The molecular weight excluding hydrogens is 380 g/mol. The highest BCUT2D eigenvalue weighted by atomic mass is 32.2. The van der Waals surface area contributed by atoms with E-state index < -0.39 is 32.8 Å². The fourth-order valence-corrected chi connectivity index (χ4v) is 3.46. The molecule has 0 aliphatic rings. The van der Waals surface area contributed by atoms with E-state index in [2.05, 4.69) is 9.79 Å². The first kappa shape index (κ1) is 20.6. The van der Waals surface area contributed by atoms with E-state index in [0.29, 0.717) is 12.8 Å². The van der Waals surface area contributed by atoms with Crippen molar-refractivity contribution < 1.29 is 37.3 Å². The van der Waals surface area contributed by atoms with Crippen LogP contribution in [0.25, 0.3) is 0 Å². The van der Waals surface area contributed by atoms with Gasteiger partial charge in [-0.25, -0.2) is 8.42 Å². The van der Waals surface area contributed by atoms with Crippen LogP contribution in [0.3, 0.4) is 0 Å². The number of carboxylic acids is 1. The lowest BCUT2D eigenvalue weighted by Gasteiger charge is -2.15. The zero-order valence-corrected chi connectivity index (χ0v) is 15.4. The lowest BCUT2D eigenvalue weighted by atomic mass is 10.3. The van der Waals surface area contributed by atoms with E-state index in [1.54, 1.807) is 6.07 Å². The van der Waals surface area contributed by atoms with Crippen LogP contribution >= 0.6 is 0 Å². The van der Waals surface area contributed by atoms with Gasteiger partial charge in [0.1, 0.15) is 6.61 Å². The SMILES string of the molecule is CCC(COc1no[n+]([O-])c1S(=O)(=O)c1ccccc1)OCCCC(=O)O. The summed E-state index contributed by atoms with van der Waals surface area (Å²) in [6.07, 6.45) is 0.423. The summed E-state index contributed by atoms with van der Waals surface area (Å²) in [5.74, 6) is -1.37. The van der Waals surface area contributed by atoms with Gasteiger partial charge in [0, 0.05) is 13.0 Å². The molecule has 1 N–H and O–H groups in total. The summed E-state index contributed by atoms with van der Waals surface area (Å²) >= 11 is 0. The van der Waals surface area contributed by atoms with Crippen LogP contribution in [0.1, 0.15) is 26.2 Å². The summed E-state index contributed by atoms with van der Waals surface area (Å²) in [5, 5.41) is 23.0. The summed E-state index contributed by atoms with van der Waals surface area (Å²) in [4.78, 5) is 10.2. The number of carbonyl (C=O) groups is 1. The monoisotopic (exact) mass is 400 g/mol. The molecule has 148 valence electrons. The predicted molar refractivity (Wildman–Crippen MR) is 89.8 cm³/mol. The molecule has 0 saturated heterocycles. The molecular formula is C16H20N2O8S. The molecule has 0 aliphatic heterocycles. The molecule has 2 aromatic rings. The fourth-order valence-electron chi connectivity index (χ4n) is 2.17. The highest BCUT2D eigenvalue weighted by Gasteiger charge is 2.36. The summed E-state index contributed by atoms with van der Waals surface area (Å²) in [5.41, 5.74) is 0. The molecule has 0 radical (unpaired) electrons. The predicted octanol–water partition coefficient (Wildman–Crippen LogP) is 1.18. The molecule has 0 aliphatic carbocycles. The minimum atomic E-state index is -4.18. The number of aliphatic carboxylic acids is 1. The maximum Gasteiger partial charge on any atom is 0.415 e. The molecule has 0 bridgehead atoms. The van der Waals surface area contributed by atoms with Crippen molar-refractivity contribution in [3.63, 3.8) is 0 Å². The summed E-state index contributed by atoms with van der Waals surface area (Å²) in [6, 6.07) is 7.37. The Labute approximate surface area is 155 Å². The maximum atomic E-state index is 12.6. The number of hydrogen-bond acceptors (Lipinski definition) is 8. The van der Waals surface area contributed by atoms with Gasteiger partial charge in [0.05, 0.1) is 16.2 Å². The summed E-state index contributed by atoms with van der Waals surface area (Å²) < 4.78 is 40.5. The van der Waals surface area contributed by atoms with Gasteiger partial charge in [-0.3, -0.25) is 9.42 Å². The molecule has 0 saturated carbocycles. The quantitative estimate of drug-likeness (QED) is 0.434. The van der Waals surface area contributed by atoms with Crippen LogP contribution in [0.4, 0.5) is 0 Å². The van der Waals surface area contributed by atoms with Crippen LogP contribution in [-0.2, 0) is 19.4 Å². The lowest BCUT2D eigenvalue weighted by molar-refractivity contribution is -0.832. The Morgan fingerprint density at radius 1 is 1.37 bits per heavy atom. The van der Waals surface area contributed by atoms with Crippen molar-refractivity contribution in [2.75, 3.05) is 13.2 Å². The molecule has 1 heterocycles. The minimum Gasteiger partial charge on any atom is -0.481 e. The normalized spacial score (nSPS) is 12.6. The molecule has 1 unspecified atom stereocenters. The highest BCUT2D eigenvalue weighted by Crippen LogP contribution is 2.25. The number of ether oxygens (including phenoxy) is 2. The van der Waals surface area contributed by atoms with Gasteiger partial charge in [-0.2, -0.15) is 0 Å². The molecule has 10 nitrogen and oxygen atoms in total. The summed E-state index contributed by atoms with van der Waals surface area (Å²) in [6.45, 7) is 1.96. The third-order valence-electron chi connectivity index (χ3n) is 3.60. The first-order chi connectivity index (χ1) is 12.9. The van der Waals surface area contributed by atoms with Gasteiger partial charge in [0.15, 0.2) is 0 Å². The first-order valence-corrected chi connectivity index (χ1v) is 9.70. The Morgan fingerprint density at radius 2 is 2.07 bits per heavy atom. The van der Waals surface area contributed by atoms with Crippen LogP contribution in [0.5, 0.6) is 5.88 Å². The number of benzene rings is 1. The molecule has 1 atom stereocenters. The molecule has 11 heteroatoms. The number of nitrogens with zero attached hydrogens (tertiary/aromatic N) is 2. The topological polar surface area (TPSA) is 143 Å². The first-order valence-electron chi connectivity index (χ1n) is 8.22. The molecule has 27 heavy (non-hydrogen) atoms. The highest BCUT2D eigenvalue weighted by molar-refractivity contribution is 7.91. The number of rotatable bonds is 11. The van der Waals surface area contributed by atoms with Crippen molar-refractivity contribution in [3.05, 3.63) is 35.5 Å². The van der Waals surface area contributed by atoms with Crippen LogP contribution in [0.2, 0.25) is 0 Å². The van der Waals surface area contributed by atoms with Crippen LogP contribution < -0.4 is 9.64 Å². The van der Waals surface area contributed by atoms with E-state index in [-0.39, 0.29) is 29.4 Å². The van der Waals surface area contributed by atoms with Gasteiger partial charge in [-0.05, 0) is 29.9 Å². The van der Waals surface area contributed by atoms with Crippen molar-refractivity contribution in [1.29, 1.82) is 0 Å². The van der Waals surface area contributed by atoms with E-state index in [0.717, 1.165) is 0 Å². The van der Waals surface area contributed by atoms with Gasteiger partial charge in [0.25, 0.3) is 9.84 Å².